The molecule has 1 aromatic carbocycles. The molecule has 136 valence electrons. The number of aliphatic hydroxyl groups is 1. The first-order valence-corrected chi connectivity index (χ1v) is 9.61. The Labute approximate surface area is 151 Å². The smallest absolute Gasteiger partial charge is 0.0691 e. The van der Waals surface area contributed by atoms with E-state index in [1.165, 1.54) is 5.56 Å². The molecule has 2 heterocycles. The highest BCUT2D eigenvalue weighted by Crippen LogP contribution is 2.37. The predicted octanol–water partition coefficient (Wildman–Crippen LogP) is 3.16. The molecule has 0 radical (unpaired) electrons. The molecule has 1 atom stereocenters. The van der Waals surface area contributed by atoms with E-state index in [0.29, 0.717) is 13.2 Å². The van der Waals surface area contributed by atoms with Crippen LogP contribution >= 0.6 is 0 Å². The molecule has 0 spiro atoms. The molecular formula is C21H30N2O2. The molecule has 1 unspecified atom stereocenters. The minimum Gasteiger partial charge on any atom is -0.394 e. The number of benzene rings is 1. The fraction of sp³-hybridized carbons (Fsp3) is 0.667. The van der Waals surface area contributed by atoms with Crippen molar-refractivity contribution < 1.29 is 9.84 Å². The minimum absolute atomic E-state index is 0.128. The summed E-state index contributed by atoms with van der Waals surface area (Å²) in [4.78, 5) is 2.48. The minimum atomic E-state index is -0.195. The van der Waals surface area contributed by atoms with E-state index in [0.717, 1.165) is 58.0 Å². The molecule has 0 amide bonds. The first kappa shape index (κ1) is 18.4. The monoisotopic (exact) mass is 342 g/mol. The van der Waals surface area contributed by atoms with Crippen LogP contribution in [0.2, 0.25) is 0 Å². The van der Waals surface area contributed by atoms with Gasteiger partial charge in [0.1, 0.15) is 0 Å². The van der Waals surface area contributed by atoms with Crippen LogP contribution in [0.3, 0.4) is 0 Å². The van der Waals surface area contributed by atoms with Gasteiger partial charge in [-0.3, -0.25) is 4.90 Å². The SMILES string of the molecule is N#CC1(CCCN2CCCC2(CO)Cc2ccccc2)CCOCC1. The maximum atomic E-state index is 10.2. The molecule has 0 aromatic heterocycles. The van der Waals surface area contributed by atoms with E-state index >= 15 is 0 Å². The van der Waals surface area contributed by atoms with Crippen molar-refractivity contribution in [2.24, 2.45) is 5.41 Å². The highest BCUT2D eigenvalue weighted by atomic mass is 16.5. The molecule has 25 heavy (non-hydrogen) atoms. The summed E-state index contributed by atoms with van der Waals surface area (Å²) in [6.07, 6.45) is 6.78. The molecule has 1 N–H and O–H groups in total. The Kier molecular flexibility index (Phi) is 6.11. The summed E-state index contributed by atoms with van der Waals surface area (Å²) in [6, 6.07) is 13.1. The number of hydrogen-bond donors (Lipinski definition) is 1. The van der Waals surface area contributed by atoms with Crippen LogP contribution in [-0.2, 0) is 11.2 Å². The van der Waals surface area contributed by atoms with Crippen LogP contribution < -0.4 is 0 Å². The van der Waals surface area contributed by atoms with Gasteiger partial charge in [-0.15, -0.1) is 0 Å². The molecule has 4 heteroatoms. The largest absolute Gasteiger partial charge is 0.394 e. The second kappa shape index (κ2) is 8.31. The van der Waals surface area contributed by atoms with E-state index in [9.17, 15) is 10.4 Å². The normalized spacial score (nSPS) is 26.4. The zero-order chi connectivity index (χ0) is 17.6. The van der Waals surface area contributed by atoms with Gasteiger partial charge >= 0.3 is 0 Å². The molecular weight excluding hydrogens is 312 g/mol. The summed E-state index contributed by atoms with van der Waals surface area (Å²) in [5, 5.41) is 19.8. The standard InChI is InChI=1S/C21H30N2O2/c22-17-20(10-14-25-15-11-20)8-4-12-23-13-5-9-21(23,18-24)16-19-6-2-1-3-7-19/h1-3,6-7,24H,4-5,8-16,18H2. The Morgan fingerprint density at radius 2 is 1.92 bits per heavy atom. The predicted molar refractivity (Wildman–Crippen MR) is 98.1 cm³/mol. The first-order valence-electron chi connectivity index (χ1n) is 9.61. The highest BCUT2D eigenvalue weighted by Gasteiger charge is 2.40. The molecule has 0 bridgehead atoms. The summed E-state index contributed by atoms with van der Waals surface area (Å²) in [7, 11) is 0. The van der Waals surface area contributed by atoms with Crippen molar-refractivity contribution in [3.63, 3.8) is 0 Å². The molecule has 2 aliphatic rings. The molecule has 1 aromatic rings. The van der Waals surface area contributed by atoms with Gasteiger partial charge in [-0.05, 0) is 63.6 Å². The second-order valence-electron chi connectivity index (χ2n) is 7.74. The molecule has 0 aliphatic carbocycles. The van der Waals surface area contributed by atoms with Crippen LogP contribution in [0.25, 0.3) is 0 Å². The molecule has 3 rings (SSSR count). The maximum Gasteiger partial charge on any atom is 0.0691 e. The Balaban J connectivity index is 1.59. The van der Waals surface area contributed by atoms with Crippen molar-refractivity contribution in [1.82, 2.24) is 4.90 Å². The van der Waals surface area contributed by atoms with Crippen LogP contribution in [0.5, 0.6) is 0 Å². The van der Waals surface area contributed by atoms with E-state index in [-0.39, 0.29) is 17.6 Å². The molecule has 2 fully saturated rings. The lowest BCUT2D eigenvalue weighted by atomic mass is 9.77. The summed E-state index contributed by atoms with van der Waals surface area (Å²) >= 11 is 0. The van der Waals surface area contributed by atoms with E-state index in [2.05, 4.69) is 35.2 Å². The molecule has 2 aliphatic heterocycles. The lowest BCUT2D eigenvalue weighted by molar-refractivity contribution is 0.0294. The number of ether oxygens (including phenoxy) is 1. The van der Waals surface area contributed by atoms with Gasteiger partial charge < -0.3 is 9.84 Å². The van der Waals surface area contributed by atoms with Crippen LogP contribution in [0.1, 0.15) is 44.1 Å². The van der Waals surface area contributed by atoms with Crippen LogP contribution in [-0.4, -0.2) is 48.5 Å². The van der Waals surface area contributed by atoms with Crippen LogP contribution in [0.15, 0.2) is 30.3 Å². The Morgan fingerprint density at radius 1 is 1.16 bits per heavy atom. The van der Waals surface area contributed by atoms with Crippen molar-refractivity contribution in [2.45, 2.75) is 50.5 Å². The molecule has 2 saturated heterocycles. The van der Waals surface area contributed by atoms with E-state index in [1.807, 2.05) is 6.07 Å². The third-order valence-corrected chi connectivity index (χ3v) is 6.18. The summed E-state index contributed by atoms with van der Waals surface area (Å²) < 4.78 is 5.43. The first-order chi connectivity index (χ1) is 12.2. The molecule has 4 nitrogen and oxygen atoms in total. The summed E-state index contributed by atoms with van der Waals surface area (Å²) in [5.74, 6) is 0. The Bertz CT molecular complexity index is 577. The zero-order valence-electron chi connectivity index (χ0n) is 15.1. The average Bonchev–Trinajstić information content (AvgIpc) is 3.06. The quantitative estimate of drug-likeness (QED) is 0.827. The Morgan fingerprint density at radius 3 is 2.60 bits per heavy atom. The second-order valence-corrected chi connectivity index (χ2v) is 7.74. The number of aliphatic hydroxyl groups excluding tert-OH is 1. The number of nitriles is 1. The lowest BCUT2D eigenvalue weighted by Gasteiger charge is -2.38. The van der Waals surface area contributed by atoms with Gasteiger partial charge in [-0.25, -0.2) is 0 Å². The molecule has 0 saturated carbocycles. The number of rotatable bonds is 7. The van der Waals surface area contributed by atoms with Gasteiger partial charge in [0.25, 0.3) is 0 Å². The van der Waals surface area contributed by atoms with E-state index in [4.69, 9.17) is 4.74 Å². The van der Waals surface area contributed by atoms with Gasteiger partial charge in [0.15, 0.2) is 0 Å². The summed E-state index contributed by atoms with van der Waals surface area (Å²) in [6.45, 7) is 3.66. The van der Waals surface area contributed by atoms with Crippen molar-refractivity contribution in [1.29, 1.82) is 5.26 Å². The zero-order valence-corrected chi connectivity index (χ0v) is 15.1. The average molecular weight is 342 g/mol. The fourth-order valence-corrected chi connectivity index (χ4v) is 4.54. The number of hydrogen-bond acceptors (Lipinski definition) is 4. The number of nitrogens with zero attached hydrogens (tertiary/aromatic N) is 2. The van der Waals surface area contributed by atoms with Gasteiger partial charge in [-0.1, -0.05) is 30.3 Å². The van der Waals surface area contributed by atoms with E-state index in [1.54, 1.807) is 0 Å². The van der Waals surface area contributed by atoms with E-state index < -0.39 is 0 Å². The Hall–Kier alpha value is -1.41. The van der Waals surface area contributed by atoms with Crippen molar-refractivity contribution in [3.05, 3.63) is 35.9 Å². The van der Waals surface area contributed by atoms with Gasteiger partial charge in [0, 0.05) is 18.8 Å². The van der Waals surface area contributed by atoms with Crippen molar-refractivity contribution in [2.75, 3.05) is 32.9 Å². The third-order valence-electron chi connectivity index (χ3n) is 6.18. The lowest BCUT2D eigenvalue weighted by Crippen LogP contribution is -2.49. The fourth-order valence-electron chi connectivity index (χ4n) is 4.54. The topological polar surface area (TPSA) is 56.5 Å². The van der Waals surface area contributed by atoms with Gasteiger partial charge in [0.2, 0.25) is 0 Å². The summed E-state index contributed by atoms with van der Waals surface area (Å²) in [5.41, 5.74) is 0.970. The van der Waals surface area contributed by atoms with Crippen LogP contribution in [0, 0.1) is 16.7 Å². The van der Waals surface area contributed by atoms with Gasteiger partial charge in [0.05, 0.1) is 18.1 Å². The third kappa shape index (κ3) is 4.23. The van der Waals surface area contributed by atoms with Crippen molar-refractivity contribution >= 4 is 0 Å². The highest BCUT2D eigenvalue weighted by molar-refractivity contribution is 5.19. The van der Waals surface area contributed by atoms with Crippen LogP contribution in [0.4, 0.5) is 0 Å². The maximum absolute atomic E-state index is 10.2. The van der Waals surface area contributed by atoms with Crippen molar-refractivity contribution in [3.8, 4) is 6.07 Å². The van der Waals surface area contributed by atoms with Gasteiger partial charge in [-0.2, -0.15) is 5.26 Å². The number of likely N-dealkylation sites (tertiary alicyclic amines) is 1.